The Kier molecular flexibility index (Phi) is 8.61. The van der Waals surface area contributed by atoms with Crippen molar-refractivity contribution in [2.24, 2.45) is 5.41 Å². The van der Waals surface area contributed by atoms with Crippen LogP contribution in [0.25, 0.3) is 0 Å². The lowest BCUT2D eigenvalue weighted by molar-refractivity contribution is -0.136. The van der Waals surface area contributed by atoms with Crippen LogP contribution in [0.3, 0.4) is 0 Å². The molecule has 0 spiro atoms. The average molecular weight is 559 g/mol. The third-order valence-corrected chi connectivity index (χ3v) is 6.30. The van der Waals surface area contributed by atoms with Crippen molar-refractivity contribution >= 4 is 35.6 Å². The topological polar surface area (TPSA) is 160 Å². The van der Waals surface area contributed by atoms with Gasteiger partial charge in [-0.1, -0.05) is 19.9 Å². The Morgan fingerprint density at radius 2 is 1.70 bits per heavy atom. The number of nitrogens with one attached hydrogen (secondary N) is 3. The van der Waals surface area contributed by atoms with E-state index in [0.29, 0.717) is 13.0 Å². The molecular formula is C28H38N4O8. The fourth-order valence-corrected chi connectivity index (χ4v) is 5.09. The smallest absolute Gasteiger partial charge is 0.407 e. The van der Waals surface area contributed by atoms with Crippen molar-refractivity contribution in [3.63, 3.8) is 0 Å². The maximum atomic E-state index is 13.2. The summed E-state index contributed by atoms with van der Waals surface area (Å²) in [5, 5.41) is 7.83. The Morgan fingerprint density at radius 3 is 2.33 bits per heavy atom. The molecule has 218 valence electrons. The van der Waals surface area contributed by atoms with Crippen LogP contribution in [0.15, 0.2) is 18.2 Å². The average Bonchev–Trinajstić information content (AvgIpc) is 3.05. The first-order valence-corrected chi connectivity index (χ1v) is 13.1. The van der Waals surface area contributed by atoms with E-state index in [-0.39, 0.29) is 35.1 Å². The second-order valence-electron chi connectivity index (χ2n) is 12.5. The standard InChI is InChI=1S/C28H38N4O8/c1-26(2,3)40-25(38)29-15-27(4,5)14-28(6,7)31-20(34)13-39-18-10-8-9-16-21(18)24(37)32(23(16)36)17-11-12-19(33)30-22(17)35/h8-10,17H,11-15H2,1-7H3,(H,29,38)(H,31,34)(H,30,33,35). The first-order chi connectivity index (χ1) is 18.4. The summed E-state index contributed by atoms with van der Waals surface area (Å²) in [4.78, 5) is 75.6. The summed E-state index contributed by atoms with van der Waals surface area (Å²) in [6, 6.07) is 3.34. The van der Waals surface area contributed by atoms with Gasteiger partial charge in [-0.05, 0) is 65.0 Å². The van der Waals surface area contributed by atoms with Gasteiger partial charge in [0.25, 0.3) is 17.7 Å². The van der Waals surface area contributed by atoms with Gasteiger partial charge in [0, 0.05) is 18.5 Å². The molecule has 1 unspecified atom stereocenters. The van der Waals surface area contributed by atoms with E-state index in [1.807, 2.05) is 27.7 Å². The van der Waals surface area contributed by atoms with Crippen LogP contribution in [0.1, 0.15) is 88.4 Å². The van der Waals surface area contributed by atoms with Crippen molar-refractivity contribution in [2.45, 2.75) is 84.9 Å². The first-order valence-electron chi connectivity index (χ1n) is 13.1. The van der Waals surface area contributed by atoms with Gasteiger partial charge >= 0.3 is 6.09 Å². The van der Waals surface area contributed by atoms with E-state index in [1.165, 1.54) is 18.2 Å². The van der Waals surface area contributed by atoms with Crippen LogP contribution in [0.4, 0.5) is 4.79 Å². The zero-order valence-electron chi connectivity index (χ0n) is 24.1. The van der Waals surface area contributed by atoms with Crippen molar-refractivity contribution in [2.75, 3.05) is 13.2 Å². The predicted octanol–water partition coefficient (Wildman–Crippen LogP) is 2.30. The Balaban J connectivity index is 1.60. The minimum Gasteiger partial charge on any atom is -0.483 e. The van der Waals surface area contributed by atoms with Crippen LogP contribution in [0.2, 0.25) is 0 Å². The first kappa shape index (κ1) is 30.6. The molecule has 2 aliphatic heterocycles. The monoisotopic (exact) mass is 558 g/mol. The largest absolute Gasteiger partial charge is 0.483 e. The highest BCUT2D eigenvalue weighted by Gasteiger charge is 2.46. The zero-order valence-corrected chi connectivity index (χ0v) is 24.1. The number of amides is 6. The van der Waals surface area contributed by atoms with Crippen LogP contribution in [-0.2, 0) is 19.1 Å². The van der Waals surface area contributed by atoms with E-state index >= 15 is 0 Å². The molecule has 1 saturated heterocycles. The minimum atomic E-state index is -1.10. The molecule has 1 fully saturated rings. The van der Waals surface area contributed by atoms with Gasteiger partial charge < -0.3 is 20.1 Å². The third-order valence-electron chi connectivity index (χ3n) is 6.30. The van der Waals surface area contributed by atoms with E-state index in [9.17, 15) is 28.8 Å². The Morgan fingerprint density at radius 1 is 1.02 bits per heavy atom. The molecule has 0 saturated carbocycles. The fraction of sp³-hybridized carbons (Fsp3) is 0.571. The van der Waals surface area contributed by atoms with Gasteiger partial charge in [0.05, 0.1) is 11.1 Å². The summed E-state index contributed by atoms with van der Waals surface area (Å²) in [5.74, 6) is -2.95. The second kappa shape index (κ2) is 11.3. The second-order valence-corrected chi connectivity index (χ2v) is 12.5. The number of piperidine rings is 1. The number of carbonyl (C=O) groups is 6. The molecular weight excluding hydrogens is 520 g/mol. The molecule has 0 aliphatic carbocycles. The molecule has 3 N–H and O–H groups in total. The number of hydrogen-bond acceptors (Lipinski definition) is 8. The number of nitrogens with zero attached hydrogens (tertiary/aromatic N) is 1. The van der Waals surface area contributed by atoms with E-state index in [2.05, 4.69) is 16.0 Å². The predicted molar refractivity (Wildman–Crippen MR) is 143 cm³/mol. The van der Waals surface area contributed by atoms with Crippen LogP contribution in [0, 0.1) is 5.41 Å². The summed E-state index contributed by atoms with van der Waals surface area (Å²) in [6.45, 7) is 12.9. The Hall–Kier alpha value is -3.96. The molecule has 40 heavy (non-hydrogen) atoms. The highest BCUT2D eigenvalue weighted by atomic mass is 16.6. The fourth-order valence-electron chi connectivity index (χ4n) is 5.09. The van der Waals surface area contributed by atoms with Gasteiger partial charge in [0.2, 0.25) is 11.8 Å². The van der Waals surface area contributed by atoms with E-state index < -0.39 is 59.4 Å². The number of benzene rings is 1. The number of imide groups is 2. The van der Waals surface area contributed by atoms with Crippen molar-refractivity contribution in [3.8, 4) is 5.75 Å². The number of fused-ring (bicyclic) bond motifs is 1. The third kappa shape index (κ3) is 7.57. The van der Waals surface area contributed by atoms with Gasteiger partial charge in [-0.15, -0.1) is 0 Å². The Labute approximate surface area is 233 Å². The number of carbonyl (C=O) groups excluding carboxylic acids is 6. The van der Waals surface area contributed by atoms with E-state index in [0.717, 1.165) is 4.90 Å². The van der Waals surface area contributed by atoms with Crippen LogP contribution >= 0.6 is 0 Å². The lowest BCUT2D eigenvalue weighted by atomic mass is 9.80. The lowest BCUT2D eigenvalue weighted by Crippen LogP contribution is -2.54. The zero-order chi connectivity index (χ0) is 30.0. The SMILES string of the molecule is CC(C)(CNC(=O)OC(C)(C)C)CC(C)(C)NC(=O)COc1cccc2c1C(=O)N(C1CCC(=O)NC1=O)C2=O. The van der Waals surface area contributed by atoms with Gasteiger partial charge in [-0.25, -0.2) is 4.79 Å². The molecule has 2 heterocycles. The number of rotatable bonds is 9. The highest BCUT2D eigenvalue weighted by molar-refractivity contribution is 6.24. The van der Waals surface area contributed by atoms with Crippen LogP contribution < -0.4 is 20.7 Å². The van der Waals surface area contributed by atoms with Crippen molar-refractivity contribution < 1.29 is 38.2 Å². The van der Waals surface area contributed by atoms with E-state index in [1.54, 1.807) is 20.8 Å². The van der Waals surface area contributed by atoms with Gasteiger partial charge in [-0.3, -0.25) is 34.2 Å². The molecule has 2 aliphatic rings. The summed E-state index contributed by atoms with van der Waals surface area (Å²) in [6.07, 6.45) is 0.0380. The molecule has 1 aromatic rings. The Bertz CT molecular complexity index is 1230. The van der Waals surface area contributed by atoms with Crippen molar-refractivity contribution in [1.29, 1.82) is 0 Å². The quantitative estimate of drug-likeness (QED) is 0.389. The maximum absolute atomic E-state index is 13.2. The molecule has 1 aromatic carbocycles. The number of alkyl carbamates (subject to hydrolysis) is 1. The summed E-state index contributed by atoms with van der Waals surface area (Å²) < 4.78 is 11.0. The minimum absolute atomic E-state index is 0.0109. The van der Waals surface area contributed by atoms with Gasteiger partial charge in [-0.2, -0.15) is 0 Å². The lowest BCUT2D eigenvalue weighted by Gasteiger charge is -2.36. The van der Waals surface area contributed by atoms with Crippen molar-refractivity contribution in [3.05, 3.63) is 29.3 Å². The van der Waals surface area contributed by atoms with Crippen LogP contribution in [0.5, 0.6) is 5.75 Å². The summed E-state index contributed by atoms with van der Waals surface area (Å²) in [5.41, 5.74) is -1.64. The molecule has 1 atom stereocenters. The maximum Gasteiger partial charge on any atom is 0.407 e. The molecule has 3 rings (SSSR count). The molecule has 6 amide bonds. The highest BCUT2D eigenvalue weighted by Crippen LogP contribution is 2.34. The summed E-state index contributed by atoms with van der Waals surface area (Å²) in [7, 11) is 0. The van der Waals surface area contributed by atoms with Gasteiger partial charge in [0.1, 0.15) is 17.4 Å². The number of hydrogen-bond donors (Lipinski definition) is 3. The van der Waals surface area contributed by atoms with E-state index in [4.69, 9.17) is 9.47 Å². The van der Waals surface area contributed by atoms with Gasteiger partial charge in [0.15, 0.2) is 6.61 Å². The molecule has 0 aromatic heterocycles. The molecule has 12 heteroatoms. The van der Waals surface area contributed by atoms with Crippen LogP contribution in [-0.4, -0.2) is 70.9 Å². The van der Waals surface area contributed by atoms with Crippen molar-refractivity contribution in [1.82, 2.24) is 20.9 Å². The molecule has 0 bridgehead atoms. The number of ether oxygens (including phenoxy) is 2. The summed E-state index contributed by atoms with van der Waals surface area (Å²) >= 11 is 0. The normalized spacial score (nSPS) is 17.8. The molecule has 12 nitrogen and oxygen atoms in total. The molecule has 0 radical (unpaired) electrons.